The van der Waals surface area contributed by atoms with E-state index in [2.05, 4.69) is 15.4 Å². The van der Waals surface area contributed by atoms with E-state index in [0.29, 0.717) is 22.9 Å². The highest BCUT2D eigenvalue weighted by Gasteiger charge is 2.23. The molecule has 0 atom stereocenters. The number of carbonyl (C=O) groups is 1. The van der Waals surface area contributed by atoms with Crippen LogP contribution in [0.1, 0.15) is 23.2 Å². The number of aromatic hydroxyl groups is 1. The Labute approximate surface area is 126 Å². The molecule has 0 bridgehead atoms. The Morgan fingerprint density at radius 1 is 1.32 bits per heavy atom. The van der Waals surface area contributed by atoms with Crippen molar-refractivity contribution >= 4 is 17.8 Å². The lowest BCUT2D eigenvalue weighted by atomic mass is 10.1. The van der Waals surface area contributed by atoms with Gasteiger partial charge < -0.3 is 10.4 Å². The Morgan fingerprint density at radius 3 is 2.91 bits per heavy atom. The third kappa shape index (κ3) is 2.18. The first-order valence-corrected chi connectivity index (χ1v) is 7.14. The Kier molecular flexibility index (Phi) is 2.82. The monoisotopic (exact) mass is 294 g/mol. The van der Waals surface area contributed by atoms with Crippen molar-refractivity contribution in [2.24, 2.45) is 0 Å². The molecule has 1 fully saturated rings. The number of nitrogens with zero attached hydrogens (tertiary/aromatic N) is 3. The molecule has 2 N–H and O–H groups in total. The average Bonchev–Trinajstić information content (AvgIpc) is 3.24. The summed E-state index contributed by atoms with van der Waals surface area (Å²) in [5, 5.41) is 17.3. The van der Waals surface area contributed by atoms with Gasteiger partial charge in [0.15, 0.2) is 11.9 Å². The van der Waals surface area contributed by atoms with Crippen molar-refractivity contribution in [3.8, 4) is 17.0 Å². The number of aromatic nitrogens is 3. The van der Waals surface area contributed by atoms with Crippen LogP contribution < -0.4 is 5.32 Å². The lowest BCUT2D eigenvalue weighted by molar-refractivity contribution is 0.112. The van der Waals surface area contributed by atoms with E-state index < -0.39 is 0 Å². The maximum absolute atomic E-state index is 11.2. The lowest BCUT2D eigenvalue weighted by Crippen LogP contribution is -2.08. The van der Waals surface area contributed by atoms with Gasteiger partial charge in [-0.15, -0.1) is 0 Å². The number of nitrogens with one attached hydrogen (secondary N) is 1. The molecular weight excluding hydrogens is 280 g/mol. The molecule has 110 valence electrons. The first-order chi connectivity index (χ1) is 10.7. The molecule has 0 unspecified atom stereocenters. The van der Waals surface area contributed by atoms with E-state index in [4.69, 9.17) is 0 Å². The quantitative estimate of drug-likeness (QED) is 0.723. The predicted molar refractivity (Wildman–Crippen MR) is 82.1 cm³/mol. The Hall–Kier alpha value is -2.89. The lowest BCUT2D eigenvalue weighted by Gasteiger charge is -2.10. The van der Waals surface area contributed by atoms with Crippen LogP contribution in [0.4, 0.5) is 5.82 Å². The van der Waals surface area contributed by atoms with E-state index in [1.165, 1.54) is 6.20 Å². The highest BCUT2D eigenvalue weighted by molar-refractivity contribution is 5.85. The number of hydrogen-bond acceptors (Lipinski definition) is 5. The van der Waals surface area contributed by atoms with Gasteiger partial charge in [-0.3, -0.25) is 4.79 Å². The van der Waals surface area contributed by atoms with Crippen molar-refractivity contribution in [2.45, 2.75) is 18.9 Å². The van der Waals surface area contributed by atoms with Crippen LogP contribution in [-0.4, -0.2) is 32.0 Å². The summed E-state index contributed by atoms with van der Waals surface area (Å²) < 4.78 is 1.65. The second kappa shape index (κ2) is 4.84. The highest BCUT2D eigenvalue weighted by atomic mass is 16.3. The standard InChI is InChI=1S/C16H14N4O2/c21-9-11-8-17-20-15(18-12-4-5-12)7-14(19-16(11)20)10-2-1-3-13(22)6-10/h1-3,6-9,12,18,22H,4-5H2. The molecule has 1 aromatic carbocycles. The third-order valence-corrected chi connectivity index (χ3v) is 3.70. The fourth-order valence-corrected chi connectivity index (χ4v) is 2.42. The number of benzene rings is 1. The molecule has 0 saturated heterocycles. The summed E-state index contributed by atoms with van der Waals surface area (Å²) in [5.74, 6) is 0.985. The van der Waals surface area contributed by atoms with E-state index in [1.807, 2.05) is 12.1 Å². The Balaban J connectivity index is 1.92. The smallest absolute Gasteiger partial charge is 0.168 e. The number of fused-ring (bicyclic) bond motifs is 1. The molecule has 0 spiro atoms. The van der Waals surface area contributed by atoms with Crippen LogP contribution in [0, 0.1) is 0 Å². The number of aldehydes is 1. The average molecular weight is 294 g/mol. The van der Waals surface area contributed by atoms with Crippen LogP contribution in [0.5, 0.6) is 5.75 Å². The summed E-state index contributed by atoms with van der Waals surface area (Å²) in [7, 11) is 0. The van der Waals surface area contributed by atoms with E-state index in [9.17, 15) is 9.90 Å². The number of anilines is 1. The molecule has 4 rings (SSSR count). The van der Waals surface area contributed by atoms with Gasteiger partial charge in [-0.25, -0.2) is 4.98 Å². The molecule has 1 aliphatic rings. The van der Waals surface area contributed by atoms with Crippen molar-refractivity contribution in [3.05, 3.63) is 42.1 Å². The zero-order chi connectivity index (χ0) is 15.1. The van der Waals surface area contributed by atoms with E-state index >= 15 is 0 Å². The summed E-state index contributed by atoms with van der Waals surface area (Å²) in [6.07, 6.45) is 4.53. The van der Waals surface area contributed by atoms with Gasteiger partial charge in [0.05, 0.1) is 17.5 Å². The Morgan fingerprint density at radius 2 is 2.18 bits per heavy atom. The minimum Gasteiger partial charge on any atom is -0.508 e. The zero-order valence-corrected chi connectivity index (χ0v) is 11.7. The van der Waals surface area contributed by atoms with Crippen LogP contribution in [0.15, 0.2) is 36.5 Å². The number of phenols is 1. The number of phenolic OH excluding ortho intramolecular Hbond substituents is 1. The van der Waals surface area contributed by atoms with E-state index in [0.717, 1.165) is 30.5 Å². The van der Waals surface area contributed by atoms with Gasteiger partial charge in [-0.1, -0.05) is 12.1 Å². The van der Waals surface area contributed by atoms with Crippen LogP contribution in [-0.2, 0) is 0 Å². The summed E-state index contributed by atoms with van der Waals surface area (Å²) in [4.78, 5) is 15.7. The molecule has 6 nitrogen and oxygen atoms in total. The van der Waals surface area contributed by atoms with Crippen molar-refractivity contribution in [1.29, 1.82) is 0 Å². The van der Waals surface area contributed by atoms with Gasteiger partial charge in [-0.05, 0) is 25.0 Å². The molecule has 0 aliphatic heterocycles. The molecule has 6 heteroatoms. The topological polar surface area (TPSA) is 79.5 Å². The maximum atomic E-state index is 11.2. The molecule has 2 aromatic heterocycles. The normalized spacial score (nSPS) is 14.2. The summed E-state index contributed by atoms with van der Waals surface area (Å²) >= 11 is 0. The summed E-state index contributed by atoms with van der Waals surface area (Å²) in [5.41, 5.74) is 2.44. The summed E-state index contributed by atoms with van der Waals surface area (Å²) in [6.45, 7) is 0. The van der Waals surface area contributed by atoms with Crippen LogP contribution >= 0.6 is 0 Å². The van der Waals surface area contributed by atoms with Gasteiger partial charge >= 0.3 is 0 Å². The van der Waals surface area contributed by atoms with E-state index in [-0.39, 0.29) is 5.75 Å². The van der Waals surface area contributed by atoms with Gasteiger partial charge in [0.2, 0.25) is 0 Å². The van der Waals surface area contributed by atoms with Crippen LogP contribution in [0.3, 0.4) is 0 Å². The minimum absolute atomic E-state index is 0.181. The third-order valence-electron chi connectivity index (χ3n) is 3.70. The molecule has 3 aromatic rings. The first-order valence-electron chi connectivity index (χ1n) is 7.14. The van der Waals surface area contributed by atoms with Gasteiger partial charge in [0.1, 0.15) is 11.6 Å². The van der Waals surface area contributed by atoms with Crippen molar-refractivity contribution in [1.82, 2.24) is 14.6 Å². The van der Waals surface area contributed by atoms with Crippen molar-refractivity contribution in [2.75, 3.05) is 5.32 Å². The second-order valence-electron chi connectivity index (χ2n) is 5.45. The molecule has 0 radical (unpaired) electrons. The summed E-state index contributed by atoms with van der Waals surface area (Å²) in [6, 6.07) is 9.24. The van der Waals surface area contributed by atoms with Crippen LogP contribution in [0.25, 0.3) is 16.9 Å². The minimum atomic E-state index is 0.181. The number of hydrogen-bond donors (Lipinski definition) is 2. The van der Waals surface area contributed by atoms with Gasteiger partial charge in [0, 0.05) is 17.7 Å². The molecule has 22 heavy (non-hydrogen) atoms. The van der Waals surface area contributed by atoms with Gasteiger partial charge in [-0.2, -0.15) is 9.61 Å². The second-order valence-corrected chi connectivity index (χ2v) is 5.45. The largest absolute Gasteiger partial charge is 0.508 e. The molecule has 1 saturated carbocycles. The number of carbonyl (C=O) groups excluding carboxylic acids is 1. The van der Waals surface area contributed by atoms with Gasteiger partial charge in [0.25, 0.3) is 0 Å². The molecule has 0 amide bonds. The molecular formula is C16H14N4O2. The number of rotatable bonds is 4. The maximum Gasteiger partial charge on any atom is 0.168 e. The molecule has 1 aliphatic carbocycles. The molecule has 2 heterocycles. The SMILES string of the molecule is O=Cc1cnn2c(NC3CC3)cc(-c3cccc(O)c3)nc12. The van der Waals surface area contributed by atoms with Crippen molar-refractivity contribution in [3.63, 3.8) is 0 Å². The van der Waals surface area contributed by atoms with E-state index in [1.54, 1.807) is 22.7 Å². The fourth-order valence-electron chi connectivity index (χ4n) is 2.42. The zero-order valence-electron chi connectivity index (χ0n) is 11.7. The van der Waals surface area contributed by atoms with Crippen LogP contribution in [0.2, 0.25) is 0 Å². The fraction of sp³-hybridized carbons (Fsp3) is 0.188. The Bertz CT molecular complexity index is 868. The van der Waals surface area contributed by atoms with Crippen molar-refractivity contribution < 1.29 is 9.90 Å². The highest BCUT2D eigenvalue weighted by Crippen LogP contribution is 2.29. The first kappa shape index (κ1) is 12.8. The predicted octanol–water partition coefficient (Wildman–Crippen LogP) is 2.49.